The van der Waals surface area contributed by atoms with Crippen molar-refractivity contribution in [3.8, 4) is 0 Å². The van der Waals surface area contributed by atoms with Crippen LogP contribution < -0.4 is 0 Å². The highest BCUT2D eigenvalue weighted by molar-refractivity contribution is 5.87. The molecular formula is C19H17N5O2. The van der Waals surface area contributed by atoms with Crippen LogP contribution in [-0.2, 0) is 17.7 Å². The van der Waals surface area contributed by atoms with Gasteiger partial charge in [-0.15, -0.1) is 5.10 Å². The number of benzene rings is 1. The lowest BCUT2D eigenvalue weighted by Crippen LogP contribution is -2.08. The average molecular weight is 347 g/mol. The van der Waals surface area contributed by atoms with E-state index in [4.69, 9.17) is 4.74 Å². The number of carbonyl (C=O) groups is 1. The summed E-state index contributed by atoms with van der Waals surface area (Å²) in [6.45, 7) is 0.740. The number of nitrogens with zero attached hydrogens (tertiary/aromatic N) is 4. The first kappa shape index (κ1) is 16.0. The van der Waals surface area contributed by atoms with Gasteiger partial charge < -0.3 is 9.72 Å². The van der Waals surface area contributed by atoms with Crippen LogP contribution in [-0.4, -0.2) is 37.5 Å². The quantitative estimate of drug-likeness (QED) is 0.542. The Morgan fingerprint density at radius 1 is 1.15 bits per heavy atom. The monoisotopic (exact) mass is 347 g/mol. The van der Waals surface area contributed by atoms with E-state index in [-0.39, 0.29) is 12.3 Å². The Balaban J connectivity index is 1.34. The van der Waals surface area contributed by atoms with E-state index in [1.807, 2.05) is 48.7 Å². The van der Waals surface area contributed by atoms with E-state index >= 15 is 0 Å². The molecular weight excluding hydrogens is 330 g/mol. The van der Waals surface area contributed by atoms with Gasteiger partial charge in [0.05, 0.1) is 25.0 Å². The Morgan fingerprint density at radius 2 is 2.04 bits per heavy atom. The van der Waals surface area contributed by atoms with Crippen molar-refractivity contribution in [2.24, 2.45) is 0 Å². The molecule has 0 bridgehead atoms. The first-order chi connectivity index (χ1) is 12.8. The number of para-hydroxylation sites is 1. The van der Waals surface area contributed by atoms with Gasteiger partial charge in [-0.2, -0.15) is 0 Å². The second-order valence-corrected chi connectivity index (χ2v) is 5.87. The number of rotatable bonds is 6. The van der Waals surface area contributed by atoms with Crippen LogP contribution in [0.1, 0.15) is 21.7 Å². The lowest BCUT2D eigenvalue weighted by molar-refractivity contribution is 0.0502. The number of carbonyl (C=O) groups excluding carboxylic acids is 1. The lowest BCUT2D eigenvalue weighted by Gasteiger charge is -2.02. The van der Waals surface area contributed by atoms with Crippen LogP contribution >= 0.6 is 0 Å². The summed E-state index contributed by atoms with van der Waals surface area (Å²) in [7, 11) is 0. The molecule has 7 heteroatoms. The normalized spacial score (nSPS) is 10.9. The van der Waals surface area contributed by atoms with Crippen molar-refractivity contribution in [2.45, 2.75) is 13.0 Å². The summed E-state index contributed by atoms with van der Waals surface area (Å²) in [6, 6.07) is 13.7. The number of aromatic nitrogens is 5. The van der Waals surface area contributed by atoms with Crippen LogP contribution in [0.2, 0.25) is 0 Å². The van der Waals surface area contributed by atoms with Gasteiger partial charge in [-0.3, -0.25) is 4.98 Å². The second-order valence-electron chi connectivity index (χ2n) is 5.87. The molecule has 0 aliphatic rings. The SMILES string of the molecule is O=C(OCCc1c[nH]c2ccccc12)c1cn(Cc2ccccn2)nn1. The molecule has 0 saturated carbocycles. The van der Waals surface area contributed by atoms with Gasteiger partial charge >= 0.3 is 5.97 Å². The van der Waals surface area contributed by atoms with Crippen molar-refractivity contribution in [3.05, 3.63) is 78.0 Å². The molecule has 26 heavy (non-hydrogen) atoms. The molecule has 0 amide bonds. The smallest absolute Gasteiger partial charge is 0.360 e. The number of esters is 1. The van der Waals surface area contributed by atoms with Crippen LogP contribution in [0.3, 0.4) is 0 Å². The highest BCUT2D eigenvalue weighted by atomic mass is 16.5. The third kappa shape index (κ3) is 3.46. The highest BCUT2D eigenvalue weighted by Crippen LogP contribution is 2.18. The van der Waals surface area contributed by atoms with Gasteiger partial charge in [0.15, 0.2) is 5.69 Å². The Bertz CT molecular complexity index is 1020. The second kappa shape index (κ2) is 7.18. The minimum atomic E-state index is -0.475. The minimum absolute atomic E-state index is 0.194. The maximum Gasteiger partial charge on any atom is 0.360 e. The number of ether oxygens (including phenoxy) is 1. The van der Waals surface area contributed by atoms with Crippen LogP contribution in [0.25, 0.3) is 10.9 Å². The molecule has 130 valence electrons. The van der Waals surface area contributed by atoms with Crippen molar-refractivity contribution in [3.63, 3.8) is 0 Å². The van der Waals surface area contributed by atoms with E-state index in [2.05, 4.69) is 20.3 Å². The fourth-order valence-corrected chi connectivity index (χ4v) is 2.79. The number of hydrogen-bond acceptors (Lipinski definition) is 5. The van der Waals surface area contributed by atoms with E-state index in [1.165, 1.54) is 0 Å². The number of nitrogens with one attached hydrogen (secondary N) is 1. The molecule has 1 N–H and O–H groups in total. The first-order valence-electron chi connectivity index (χ1n) is 8.32. The molecule has 7 nitrogen and oxygen atoms in total. The summed E-state index contributed by atoms with van der Waals surface area (Å²) >= 11 is 0. The predicted octanol–water partition coefficient (Wildman–Crippen LogP) is 2.60. The van der Waals surface area contributed by atoms with E-state index in [0.29, 0.717) is 13.0 Å². The molecule has 3 heterocycles. The molecule has 0 aliphatic carbocycles. The van der Waals surface area contributed by atoms with E-state index < -0.39 is 5.97 Å². The van der Waals surface area contributed by atoms with Crippen molar-refractivity contribution in [1.29, 1.82) is 0 Å². The summed E-state index contributed by atoms with van der Waals surface area (Å²) in [6.07, 6.45) is 5.87. The maximum atomic E-state index is 12.1. The molecule has 0 aliphatic heterocycles. The summed E-state index contributed by atoms with van der Waals surface area (Å²) in [4.78, 5) is 19.6. The van der Waals surface area contributed by atoms with Crippen molar-refractivity contribution < 1.29 is 9.53 Å². The molecule has 0 spiro atoms. The topological polar surface area (TPSA) is 85.7 Å². The minimum Gasteiger partial charge on any atom is -0.461 e. The number of fused-ring (bicyclic) bond motifs is 1. The van der Waals surface area contributed by atoms with Gasteiger partial charge in [-0.05, 0) is 23.8 Å². The van der Waals surface area contributed by atoms with E-state index in [9.17, 15) is 4.79 Å². The molecule has 1 aromatic carbocycles. The molecule has 0 radical (unpaired) electrons. The zero-order chi connectivity index (χ0) is 17.8. The number of pyridine rings is 1. The van der Waals surface area contributed by atoms with Crippen molar-refractivity contribution >= 4 is 16.9 Å². The highest BCUT2D eigenvalue weighted by Gasteiger charge is 2.13. The molecule has 3 aromatic heterocycles. The van der Waals surface area contributed by atoms with Gasteiger partial charge in [0.2, 0.25) is 0 Å². The largest absolute Gasteiger partial charge is 0.461 e. The standard InChI is InChI=1S/C19H17N5O2/c25-19(18-13-24(23-22-18)12-15-5-3-4-9-20-15)26-10-8-14-11-21-17-7-2-1-6-16(14)17/h1-7,9,11,13,21H,8,10,12H2. The summed E-state index contributed by atoms with van der Waals surface area (Å²) in [5, 5.41) is 8.98. The van der Waals surface area contributed by atoms with Gasteiger partial charge in [-0.1, -0.05) is 29.5 Å². The zero-order valence-corrected chi connectivity index (χ0v) is 14.0. The van der Waals surface area contributed by atoms with Crippen LogP contribution in [0, 0.1) is 0 Å². The Labute approximate surface area is 149 Å². The van der Waals surface area contributed by atoms with E-state index in [0.717, 1.165) is 22.2 Å². The van der Waals surface area contributed by atoms with Crippen LogP contribution in [0.15, 0.2) is 61.1 Å². The molecule has 0 atom stereocenters. The molecule has 0 unspecified atom stereocenters. The Morgan fingerprint density at radius 3 is 2.92 bits per heavy atom. The average Bonchev–Trinajstić information content (AvgIpc) is 3.30. The summed E-state index contributed by atoms with van der Waals surface area (Å²) < 4.78 is 6.90. The zero-order valence-electron chi connectivity index (χ0n) is 14.0. The van der Waals surface area contributed by atoms with Crippen molar-refractivity contribution in [1.82, 2.24) is 25.0 Å². The summed E-state index contributed by atoms with van der Waals surface area (Å²) in [5.74, 6) is -0.475. The van der Waals surface area contributed by atoms with E-state index in [1.54, 1.807) is 17.1 Å². The maximum absolute atomic E-state index is 12.1. The third-order valence-electron chi connectivity index (χ3n) is 4.08. The molecule has 0 fully saturated rings. The van der Waals surface area contributed by atoms with Gasteiger partial charge in [-0.25, -0.2) is 9.48 Å². The fraction of sp³-hybridized carbons (Fsp3) is 0.158. The van der Waals surface area contributed by atoms with Crippen molar-refractivity contribution in [2.75, 3.05) is 6.61 Å². The number of H-pyrrole nitrogens is 1. The third-order valence-corrected chi connectivity index (χ3v) is 4.08. The molecule has 4 rings (SSSR count). The predicted molar refractivity (Wildman–Crippen MR) is 95.6 cm³/mol. The summed E-state index contributed by atoms with van der Waals surface area (Å²) in [5.41, 5.74) is 3.23. The fourth-order valence-electron chi connectivity index (χ4n) is 2.79. The first-order valence-corrected chi connectivity index (χ1v) is 8.32. The lowest BCUT2D eigenvalue weighted by atomic mass is 10.1. The van der Waals surface area contributed by atoms with Crippen LogP contribution in [0.5, 0.6) is 0 Å². The van der Waals surface area contributed by atoms with Gasteiger partial charge in [0, 0.05) is 29.7 Å². The Kier molecular flexibility index (Phi) is 4.42. The molecule has 4 aromatic rings. The Hall–Kier alpha value is -3.48. The number of aromatic amines is 1. The number of hydrogen-bond donors (Lipinski definition) is 1. The molecule has 0 saturated heterocycles. The van der Waals surface area contributed by atoms with Crippen LogP contribution in [0.4, 0.5) is 0 Å². The van der Waals surface area contributed by atoms with Gasteiger partial charge in [0.25, 0.3) is 0 Å². The van der Waals surface area contributed by atoms with Gasteiger partial charge in [0.1, 0.15) is 0 Å².